The normalized spacial score (nSPS) is 11.7. The molecule has 0 fully saturated rings. The summed E-state index contributed by atoms with van der Waals surface area (Å²) in [4.78, 5) is 31.9. The van der Waals surface area contributed by atoms with Gasteiger partial charge in [0.2, 0.25) is 0 Å². The first-order valence-corrected chi connectivity index (χ1v) is 10.2. The quantitative estimate of drug-likeness (QED) is 0.405. The predicted molar refractivity (Wildman–Crippen MR) is 128 cm³/mol. The van der Waals surface area contributed by atoms with Crippen LogP contribution < -0.4 is 20.3 Å². The van der Waals surface area contributed by atoms with Gasteiger partial charge >= 0.3 is 0 Å². The van der Waals surface area contributed by atoms with E-state index in [2.05, 4.69) is 0 Å². The summed E-state index contributed by atoms with van der Waals surface area (Å²) in [5.74, 6) is 1.10. The maximum atomic E-state index is 13.5. The first-order chi connectivity index (χ1) is 15.6. The van der Waals surface area contributed by atoms with E-state index in [0.29, 0.717) is 55.2 Å². The molecule has 0 radical (unpaired) electrons. The number of aromatic nitrogens is 1. The summed E-state index contributed by atoms with van der Waals surface area (Å²) in [6.07, 6.45) is 0. The minimum atomic E-state index is -0.126. The Hall–Kier alpha value is -4.25. The fourth-order valence-electron chi connectivity index (χ4n) is 4.74. The van der Waals surface area contributed by atoms with E-state index in [-0.39, 0.29) is 10.9 Å². The highest BCUT2D eigenvalue weighted by molar-refractivity contribution is 6.24. The summed E-state index contributed by atoms with van der Waals surface area (Å²) in [7, 11) is 3.13. The zero-order chi connectivity index (χ0) is 22.0. The number of pyridine rings is 1. The Morgan fingerprint density at radius 3 is 1.62 bits per heavy atom. The average molecular weight is 419 g/mol. The van der Waals surface area contributed by atoms with Gasteiger partial charge in [-0.25, -0.2) is 4.98 Å². The summed E-state index contributed by atoms with van der Waals surface area (Å²) in [6.45, 7) is 0. The maximum Gasteiger partial charge on any atom is 0.196 e. The van der Waals surface area contributed by atoms with Crippen LogP contribution in [-0.4, -0.2) is 19.2 Å². The molecule has 0 amide bonds. The molecule has 0 unspecified atom stereocenters. The van der Waals surface area contributed by atoms with Crippen LogP contribution in [0.1, 0.15) is 0 Å². The smallest absolute Gasteiger partial charge is 0.196 e. The van der Waals surface area contributed by atoms with Gasteiger partial charge in [-0.3, -0.25) is 9.59 Å². The van der Waals surface area contributed by atoms with Crippen LogP contribution in [0.2, 0.25) is 0 Å². The third-order valence-electron chi connectivity index (χ3n) is 6.18. The molecule has 0 saturated carbocycles. The van der Waals surface area contributed by atoms with Gasteiger partial charge in [-0.15, -0.1) is 0 Å². The van der Waals surface area contributed by atoms with E-state index in [4.69, 9.17) is 14.5 Å². The standard InChI is InChI=1S/C27H17NO4/c1-31-19-12-11-14(13-20(19)32-2)21-22-24(15-7-3-5-9-17(15)26(22)29)28-25-16-8-4-6-10-18(16)27(30)23(21)25/h3-13H,1-2H3. The van der Waals surface area contributed by atoms with E-state index in [1.54, 1.807) is 38.5 Å². The summed E-state index contributed by atoms with van der Waals surface area (Å²) in [5, 5.41) is 3.68. The molecular formula is C27H17NO4. The van der Waals surface area contributed by atoms with Crippen molar-refractivity contribution in [1.29, 1.82) is 0 Å². The zero-order valence-corrected chi connectivity index (χ0v) is 17.4. The molecule has 5 aromatic carbocycles. The number of hydrogen-bond acceptors (Lipinski definition) is 5. The lowest BCUT2D eigenvalue weighted by atomic mass is 9.98. The topological polar surface area (TPSA) is 65.5 Å². The van der Waals surface area contributed by atoms with Crippen molar-refractivity contribution in [3.63, 3.8) is 0 Å². The first kappa shape index (κ1) is 18.5. The molecule has 0 atom stereocenters. The van der Waals surface area contributed by atoms with Gasteiger partial charge in [0.1, 0.15) is 0 Å². The van der Waals surface area contributed by atoms with Crippen LogP contribution in [0.25, 0.3) is 54.5 Å². The Morgan fingerprint density at radius 1 is 0.625 bits per heavy atom. The van der Waals surface area contributed by atoms with Gasteiger partial charge in [0.15, 0.2) is 22.4 Å². The molecule has 0 bridgehead atoms. The van der Waals surface area contributed by atoms with Crippen molar-refractivity contribution >= 4 is 43.4 Å². The highest BCUT2D eigenvalue weighted by Crippen LogP contribution is 2.40. The Bertz CT molecular complexity index is 1690. The van der Waals surface area contributed by atoms with Crippen molar-refractivity contribution in [3.05, 3.63) is 87.2 Å². The van der Waals surface area contributed by atoms with Crippen LogP contribution in [0.3, 0.4) is 0 Å². The van der Waals surface area contributed by atoms with Gasteiger partial charge in [0.25, 0.3) is 0 Å². The van der Waals surface area contributed by atoms with E-state index >= 15 is 0 Å². The van der Waals surface area contributed by atoms with Gasteiger partial charge in [-0.05, 0) is 17.7 Å². The fourth-order valence-corrected chi connectivity index (χ4v) is 4.74. The highest BCUT2D eigenvalue weighted by atomic mass is 16.5. The van der Waals surface area contributed by atoms with Crippen molar-refractivity contribution in [2.75, 3.05) is 14.2 Å². The lowest BCUT2D eigenvalue weighted by Gasteiger charge is -2.11. The van der Waals surface area contributed by atoms with Crippen LogP contribution in [-0.2, 0) is 0 Å². The second-order valence-electron chi connectivity index (χ2n) is 7.75. The monoisotopic (exact) mass is 419 g/mol. The predicted octanol–water partition coefficient (Wildman–Crippen LogP) is 4.97. The molecule has 0 spiro atoms. The molecular weight excluding hydrogens is 402 g/mol. The Labute approximate surface area is 182 Å². The molecule has 0 aliphatic rings. The molecule has 32 heavy (non-hydrogen) atoms. The second kappa shape index (κ2) is 6.62. The number of nitrogens with zero attached hydrogens (tertiary/aromatic N) is 1. The van der Waals surface area contributed by atoms with Crippen molar-refractivity contribution in [3.8, 4) is 22.6 Å². The molecule has 6 aromatic rings. The van der Waals surface area contributed by atoms with E-state index in [1.807, 2.05) is 42.5 Å². The van der Waals surface area contributed by atoms with Crippen molar-refractivity contribution in [1.82, 2.24) is 4.98 Å². The summed E-state index contributed by atoms with van der Waals surface area (Å²) < 4.78 is 10.9. The zero-order valence-electron chi connectivity index (χ0n) is 17.4. The molecule has 5 heteroatoms. The number of methoxy groups -OCH3 is 2. The summed E-state index contributed by atoms with van der Waals surface area (Å²) in [5.41, 5.74) is 2.27. The number of hydrogen-bond donors (Lipinski definition) is 0. The van der Waals surface area contributed by atoms with Gasteiger partial charge in [0.05, 0.1) is 36.0 Å². The first-order valence-electron chi connectivity index (χ1n) is 10.2. The molecule has 0 N–H and O–H groups in total. The van der Waals surface area contributed by atoms with E-state index in [1.165, 1.54) is 0 Å². The number of ether oxygens (including phenoxy) is 2. The van der Waals surface area contributed by atoms with E-state index in [0.717, 1.165) is 10.8 Å². The van der Waals surface area contributed by atoms with E-state index in [9.17, 15) is 9.59 Å². The SMILES string of the molecule is COc1ccc(-c2c3c(=O)c4ccccc4c3nc3c2c(=O)c2ccccc23)cc1OC. The lowest BCUT2D eigenvalue weighted by molar-refractivity contribution is 0.355. The Kier molecular flexibility index (Phi) is 3.83. The number of benzene rings is 3. The minimum Gasteiger partial charge on any atom is -0.493 e. The third-order valence-corrected chi connectivity index (χ3v) is 6.18. The molecule has 0 aliphatic heterocycles. The molecule has 0 aliphatic carbocycles. The van der Waals surface area contributed by atoms with Gasteiger partial charge in [0, 0.05) is 27.1 Å². The largest absolute Gasteiger partial charge is 0.493 e. The highest BCUT2D eigenvalue weighted by Gasteiger charge is 2.24. The Morgan fingerprint density at radius 2 is 1.12 bits per heavy atom. The van der Waals surface area contributed by atoms with E-state index < -0.39 is 0 Å². The van der Waals surface area contributed by atoms with Crippen LogP contribution in [0.5, 0.6) is 11.5 Å². The maximum absolute atomic E-state index is 13.5. The third kappa shape index (κ3) is 2.30. The van der Waals surface area contributed by atoms with Gasteiger partial charge < -0.3 is 9.47 Å². The van der Waals surface area contributed by atoms with Crippen LogP contribution in [0.15, 0.2) is 76.3 Å². The molecule has 6 rings (SSSR count). The second-order valence-corrected chi connectivity index (χ2v) is 7.75. The molecule has 154 valence electrons. The number of fused-ring (bicyclic) bond motifs is 6. The van der Waals surface area contributed by atoms with Gasteiger partial charge in [-0.2, -0.15) is 0 Å². The van der Waals surface area contributed by atoms with Crippen LogP contribution in [0, 0.1) is 0 Å². The molecule has 1 heterocycles. The average Bonchev–Trinajstić information content (AvgIpc) is 3.29. The molecule has 1 aromatic heterocycles. The van der Waals surface area contributed by atoms with Crippen LogP contribution >= 0.6 is 0 Å². The Balaban J connectivity index is 1.92. The van der Waals surface area contributed by atoms with Crippen molar-refractivity contribution in [2.45, 2.75) is 0 Å². The molecule has 0 saturated heterocycles. The molecule has 5 nitrogen and oxygen atoms in total. The van der Waals surface area contributed by atoms with Crippen molar-refractivity contribution in [2.24, 2.45) is 0 Å². The van der Waals surface area contributed by atoms with Gasteiger partial charge in [-0.1, -0.05) is 54.6 Å². The summed E-state index contributed by atoms with van der Waals surface area (Å²) in [6, 6.07) is 20.3. The number of rotatable bonds is 3. The fraction of sp³-hybridized carbons (Fsp3) is 0.0741. The minimum absolute atomic E-state index is 0.126. The van der Waals surface area contributed by atoms with Crippen molar-refractivity contribution < 1.29 is 9.47 Å². The van der Waals surface area contributed by atoms with Crippen LogP contribution in [0.4, 0.5) is 0 Å². The summed E-state index contributed by atoms with van der Waals surface area (Å²) >= 11 is 0. The lowest BCUT2D eigenvalue weighted by Crippen LogP contribution is -2.02.